The molecule has 1 fully saturated rings. The summed E-state index contributed by atoms with van der Waals surface area (Å²) in [6.07, 6.45) is 0. The van der Waals surface area contributed by atoms with E-state index in [0.29, 0.717) is 36.6 Å². The van der Waals surface area contributed by atoms with E-state index in [0.717, 1.165) is 11.1 Å². The van der Waals surface area contributed by atoms with Gasteiger partial charge in [-0.05, 0) is 63.1 Å². The van der Waals surface area contributed by atoms with Crippen molar-refractivity contribution in [2.45, 2.75) is 46.3 Å². The number of anilines is 1. The first kappa shape index (κ1) is 22.7. The summed E-state index contributed by atoms with van der Waals surface area (Å²) in [5.74, 6) is -0.232. The minimum Gasteiger partial charge on any atom is -0.483 e. The smallest absolute Gasteiger partial charge is 0.260 e. The number of piperazine rings is 1. The van der Waals surface area contributed by atoms with Crippen LogP contribution in [0.25, 0.3) is 0 Å². The van der Waals surface area contributed by atoms with Gasteiger partial charge in [-0.15, -0.1) is 0 Å². The van der Waals surface area contributed by atoms with E-state index in [1.165, 1.54) is 19.1 Å². The topological polar surface area (TPSA) is 75.9 Å². The second-order valence-corrected chi connectivity index (χ2v) is 8.37. The first-order chi connectivity index (χ1) is 14.7. The standard InChI is InChI=1S/C24H30FN3O3/c1-15-9-21(26)24(18(4)29)22(10-15)31-14-23(30)28-12-16(2)27(11-17(28)3)13-19-5-7-20(25)8-6-19/h5-10,16-17H,11-14,26H2,1-4H3. The van der Waals surface area contributed by atoms with Gasteiger partial charge in [0.2, 0.25) is 0 Å². The number of hydrogen-bond donors (Lipinski definition) is 1. The zero-order valence-electron chi connectivity index (χ0n) is 18.5. The predicted molar refractivity (Wildman–Crippen MR) is 119 cm³/mol. The Morgan fingerprint density at radius 2 is 1.81 bits per heavy atom. The molecule has 0 saturated carbocycles. The zero-order chi connectivity index (χ0) is 22.7. The van der Waals surface area contributed by atoms with Gasteiger partial charge in [0, 0.05) is 37.4 Å². The minimum atomic E-state index is -0.246. The van der Waals surface area contributed by atoms with Crippen LogP contribution in [0.3, 0.4) is 0 Å². The van der Waals surface area contributed by atoms with Crippen molar-refractivity contribution in [3.63, 3.8) is 0 Å². The molecule has 6 nitrogen and oxygen atoms in total. The van der Waals surface area contributed by atoms with Gasteiger partial charge < -0.3 is 15.4 Å². The Labute approximate surface area is 182 Å². The molecule has 1 heterocycles. The van der Waals surface area contributed by atoms with Crippen LogP contribution in [0.1, 0.15) is 42.3 Å². The molecule has 1 aliphatic heterocycles. The Morgan fingerprint density at radius 1 is 1.13 bits per heavy atom. The van der Waals surface area contributed by atoms with E-state index in [-0.39, 0.29) is 36.2 Å². The Bertz CT molecular complexity index is 961. The van der Waals surface area contributed by atoms with Gasteiger partial charge in [0.15, 0.2) is 12.4 Å². The van der Waals surface area contributed by atoms with E-state index < -0.39 is 0 Å². The first-order valence-electron chi connectivity index (χ1n) is 10.5. The van der Waals surface area contributed by atoms with E-state index in [1.54, 1.807) is 24.3 Å². The van der Waals surface area contributed by atoms with Crippen molar-refractivity contribution in [2.75, 3.05) is 25.4 Å². The number of nitrogens with two attached hydrogens (primary N) is 1. The van der Waals surface area contributed by atoms with Crippen molar-refractivity contribution >= 4 is 17.4 Å². The third-order valence-electron chi connectivity index (χ3n) is 5.71. The number of ether oxygens (including phenoxy) is 1. The van der Waals surface area contributed by atoms with Crippen LogP contribution in [0.4, 0.5) is 10.1 Å². The lowest BCUT2D eigenvalue weighted by molar-refractivity contribution is -0.139. The Hall–Kier alpha value is -2.93. The van der Waals surface area contributed by atoms with Gasteiger partial charge in [-0.25, -0.2) is 4.39 Å². The van der Waals surface area contributed by atoms with Crippen molar-refractivity contribution in [3.8, 4) is 5.75 Å². The average Bonchev–Trinajstić information content (AvgIpc) is 2.69. The molecular formula is C24H30FN3O3. The third kappa shape index (κ3) is 5.41. The summed E-state index contributed by atoms with van der Waals surface area (Å²) in [6, 6.07) is 10.1. The number of amides is 1. The lowest BCUT2D eigenvalue weighted by Gasteiger charge is -2.44. The van der Waals surface area contributed by atoms with Crippen molar-refractivity contribution in [1.82, 2.24) is 9.80 Å². The molecule has 2 N–H and O–H groups in total. The van der Waals surface area contributed by atoms with Crippen LogP contribution in [0.5, 0.6) is 5.75 Å². The summed E-state index contributed by atoms with van der Waals surface area (Å²) in [4.78, 5) is 29.0. The molecule has 2 aromatic carbocycles. The summed E-state index contributed by atoms with van der Waals surface area (Å²) in [6.45, 7) is 9.20. The second kappa shape index (κ2) is 9.47. The highest BCUT2D eigenvalue weighted by atomic mass is 19.1. The minimum absolute atomic E-state index is 0.00241. The lowest BCUT2D eigenvalue weighted by atomic mass is 10.1. The largest absolute Gasteiger partial charge is 0.483 e. The molecular weight excluding hydrogens is 397 g/mol. The number of hydrogen-bond acceptors (Lipinski definition) is 5. The normalized spacial score (nSPS) is 19.3. The Balaban J connectivity index is 1.63. The highest BCUT2D eigenvalue weighted by Crippen LogP contribution is 2.27. The van der Waals surface area contributed by atoms with Crippen molar-refractivity contribution in [1.29, 1.82) is 0 Å². The van der Waals surface area contributed by atoms with Gasteiger partial charge in [0.05, 0.1) is 5.56 Å². The predicted octanol–water partition coefficient (Wildman–Crippen LogP) is 3.42. The fourth-order valence-electron chi connectivity index (χ4n) is 4.08. The number of aryl methyl sites for hydroxylation is 1. The molecule has 0 aliphatic carbocycles. The van der Waals surface area contributed by atoms with E-state index in [9.17, 15) is 14.0 Å². The summed E-state index contributed by atoms with van der Waals surface area (Å²) >= 11 is 0. The number of ketones is 1. The summed E-state index contributed by atoms with van der Waals surface area (Å²) in [7, 11) is 0. The number of Topliss-reactive ketones (excluding diaryl/α,β-unsaturated/α-hetero) is 1. The lowest BCUT2D eigenvalue weighted by Crippen LogP contribution is -2.58. The number of carbonyl (C=O) groups excluding carboxylic acids is 2. The number of benzene rings is 2. The monoisotopic (exact) mass is 427 g/mol. The molecule has 1 amide bonds. The number of nitrogens with zero attached hydrogens (tertiary/aromatic N) is 2. The van der Waals surface area contributed by atoms with Crippen LogP contribution < -0.4 is 10.5 Å². The maximum atomic E-state index is 13.2. The number of carbonyl (C=O) groups is 2. The molecule has 2 aromatic rings. The summed E-state index contributed by atoms with van der Waals surface area (Å²) < 4.78 is 18.9. The molecule has 0 spiro atoms. The van der Waals surface area contributed by atoms with Gasteiger partial charge in [-0.1, -0.05) is 12.1 Å². The van der Waals surface area contributed by atoms with Gasteiger partial charge >= 0.3 is 0 Å². The number of halogens is 1. The van der Waals surface area contributed by atoms with Crippen LogP contribution in [0.15, 0.2) is 36.4 Å². The third-order valence-corrected chi connectivity index (χ3v) is 5.71. The second-order valence-electron chi connectivity index (χ2n) is 8.37. The Kier molecular flexibility index (Phi) is 6.95. The SMILES string of the molecule is CC(=O)c1c(N)cc(C)cc1OCC(=O)N1CC(C)N(Cc2ccc(F)cc2)CC1C. The highest BCUT2D eigenvalue weighted by Gasteiger charge is 2.32. The quantitative estimate of drug-likeness (QED) is 0.565. The van der Waals surface area contributed by atoms with Crippen LogP contribution >= 0.6 is 0 Å². The van der Waals surface area contributed by atoms with Crippen LogP contribution in [0, 0.1) is 12.7 Å². The highest BCUT2D eigenvalue weighted by molar-refractivity contribution is 6.02. The van der Waals surface area contributed by atoms with Gasteiger partial charge in [-0.2, -0.15) is 0 Å². The molecule has 1 aliphatic rings. The van der Waals surface area contributed by atoms with E-state index in [1.807, 2.05) is 18.7 Å². The molecule has 7 heteroatoms. The number of rotatable bonds is 6. The number of nitrogen functional groups attached to an aromatic ring is 1. The first-order valence-corrected chi connectivity index (χ1v) is 10.5. The summed E-state index contributed by atoms with van der Waals surface area (Å²) in [5.41, 5.74) is 8.54. The zero-order valence-corrected chi connectivity index (χ0v) is 18.5. The van der Waals surface area contributed by atoms with E-state index in [4.69, 9.17) is 10.5 Å². The van der Waals surface area contributed by atoms with Crippen LogP contribution in [-0.2, 0) is 11.3 Å². The van der Waals surface area contributed by atoms with Gasteiger partial charge in [0.1, 0.15) is 11.6 Å². The molecule has 166 valence electrons. The average molecular weight is 428 g/mol. The van der Waals surface area contributed by atoms with Gasteiger partial charge in [0.25, 0.3) is 5.91 Å². The molecule has 3 rings (SSSR count). The van der Waals surface area contributed by atoms with Crippen LogP contribution in [-0.4, -0.2) is 53.3 Å². The molecule has 1 saturated heterocycles. The van der Waals surface area contributed by atoms with Crippen molar-refractivity contribution < 1.29 is 18.7 Å². The molecule has 31 heavy (non-hydrogen) atoms. The summed E-state index contributed by atoms with van der Waals surface area (Å²) in [5, 5.41) is 0. The van der Waals surface area contributed by atoms with Crippen LogP contribution in [0.2, 0.25) is 0 Å². The van der Waals surface area contributed by atoms with E-state index in [2.05, 4.69) is 11.8 Å². The molecule has 0 bridgehead atoms. The van der Waals surface area contributed by atoms with Crippen molar-refractivity contribution in [2.24, 2.45) is 0 Å². The maximum Gasteiger partial charge on any atom is 0.260 e. The molecule has 2 atom stereocenters. The molecule has 0 aromatic heterocycles. The molecule has 0 radical (unpaired) electrons. The van der Waals surface area contributed by atoms with Crippen molar-refractivity contribution in [3.05, 3.63) is 58.9 Å². The van der Waals surface area contributed by atoms with Gasteiger partial charge in [-0.3, -0.25) is 14.5 Å². The maximum absolute atomic E-state index is 13.2. The fraction of sp³-hybridized carbons (Fsp3) is 0.417. The fourth-order valence-corrected chi connectivity index (χ4v) is 4.08. The molecule has 2 unspecified atom stereocenters. The Morgan fingerprint density at radius 3 is 2.45 bits per heavy atom. The van der Waals surface area contributed by atoms with E-state index >= 15 is 0 Å².